The molecule has 2 heterocycles. The van der Waals surface area contributed by atoms with Crippen molar-refractivity contribution in [2.45, 2.75) is 25.4 Å². The number of nitrogens with zero attached hydrogens (tertiary/aromatic N) is 2. The topological polar surface area (TPSA) is 41.9 Å². The van der Waals surface area contributed by atoms with E-state index in [1.807, 2.05) is 17.1 Å². The number of aromatic nitrogens is 2. The number of rotatable bonds is 3. The van der Waals surface area contributed by atoms with E-state index in [1.165, 1.54) is 5.56 Å². The number of hydrogen-bond acceptors (Lipinski definition) is 4. The van der Waals surface area contributed by atoms with Crippen LogP contribution >= 0.6 is 11.9 Å². The molecular weight excluding hydrogens is 244 g/mol. The van der Waals surface area contributed by atoms with Gasteiger partial charge in [-0.05, 0) is 19.4 Å². The number of aryl methyl sites for hydroxylation is 1. The molecule has 0 saturated carbocycles. The summed E-state index contributed by atoms with van der Waals surface area (Å²) >= 11 is 1.66. The van der Waals surface area contributed by atoms with Gasteiger partial charge in [0.1, 0.15) is 11.3 Å². The molecular formula is C13H16N4S. The molecule has 94 valence electrons. The number of benzene rings is 1. The molecule has 1 aliphatic heterocycles. The summed E-state index contributed by atoms with van der Waals surface area (Å²) in [5.74, 6) is 1.07. The van der Waals surface area contributed by atoms with E-state index in [2.05, 4.69) is 53.0 Å². The predicted octanol–water partition coefficient (Wildman–Crippen LogP) is 2.75. The second-order valence-electron chi connectivity index (χ2n) is 4.47. The maximum atomic E-state index is 4.40. The molecule has 5 heteroatoms. The van der Waals surface area contributed by atoms with Crippen LogP contribution in [0.5, 0.6) is 0 Å². The van der Waals surface area contributed by atoms with E-state index in [1.54, 1.807) is 11.9 Å². The van der Waals surface area contributed by atoms with Crippen molar-refractivity contribution in [3.8, 4) is 0 Å². The minimum atomic E-state index is 0.170. The number of hydrogen-bond donors (Lipinski definition) is 2. The molecule has 1 aromatic heterocycles. The second-order valence-corrected chi connectivity index (χ2v) is 5.50. The molecule has 0 aliphatic carbocycles. The highest BCUT2D eigenvalue weighted by Crippen LogP contribution is 2.29. The molecule has 0 saturated heterocycles. The summed E-state index contributed by atoms with van der Waals surface area (Å²) in [5.41, 5.74) is 2.50. The van der Waals surface area contributed by atoms with Crippen molar-refractivity contribution in [2.24, 2.45) is 0 Å². The quantitative estimate of drug-likeness (QED) is 0.890. The van der Waals surface area contributed by atoms with Crippen LogP contribution in [0, 0.1) is 6.92 Å². The van der Waals surface area contributed by atoms with E-state index in [9.17, 15) is 0 Å². The van der Waals surface area contributed by atoms with Crippen LogP contribution in [0.15, 0.2) is 36.4 Å². The van der Waals surface area contributed by atoms with Gasteiger partial charge in [-0.1, -0.05) is 30.3 Å². The lowest BCUT2D eigenvalue weighted by Gasteiger charge is -2.18. The van der Waals surface area contributed by atoms with Crippen LogP contribution in [0.4, 0.5) is 5.82 Å². The van der Waals surface area contributed by atoms with Crippen molar-refractivity contribution in [3.63, 3.8) is 0 Å². The second kappa shape index (κ2) is 4.66. The fourth-order valence-electron chi connectivity index (χ4n) is 2.05. The van der Waals surface area contributed by atoms with Gasteiger partial charge in [0, 0.05) is 24.1 Å². The Hall–Kier alpha value is -1.46. The fraction of sp³-hybridized carbons (Fsp3) is 0.308. The highest BCUT2D eigenvalue weighted by atomic mass is 32.2. The average molecular weight is 260 g/mol. The van der Waals surface area contributed by atoms with Crippen molar-refractivity contribution >= 4 is 17.8 Å². The van der Waals surface area contributed by atoms with Gasteiger partial charge < -0.3 is 5.32 Å². The lowest BCUT2D eigenvalue weighted by atomic mass is 10.1. The Kier molecular flexibility index (Phi) is 3.01. The summed E-state index contributed by atoms with van der Waals surface area (Å²) in [6, 6.07) is 12.8. The van der Waals surface area contributed by atoms with Crippen molar-refractivity contribution in [2.75, 3.05) is 5.32 Å². The zero-order valence-corrected chi connectivity index (χ0v) is 11.2. The van der Waals surface area contributed by atoms with Crippen molar-refractivity contribution in [1.82, 2.24) is 14.5 Å². The molecule has 2 N–H and O–H groups in total. The third-order valence-electron chi connectivity index (χ3n) is 2.99. The fourth-order valence-corrected chi connectivity index (χ4v) is 3.09. The molecule has 2 atom stereocenters. The summed E-state index contributed by atoms with van der Waals surface area (Å²) in [7, 11) is 0. The monoisotopic (exact) mass is 260 g/mol. The number of nitrogens with one attached hydrogen (secondary N) is 2. The van der Waals surface area contributed by atoms with Crippen LogP contribution in [0.25, 0.3) is 0 Å². The normalized spacial score (nSPS) is 19.3. The standard InChI is InChI=1S/C13H16N4S/c1-9-8-12-15-13(18-17(12)16-9)14-10(2)11-6-4-3-5-7-11/h3-8,10,13-15H,1-2H3. The first-order valence-electron chi connectivity index (χ1n) is 6.04. The lowest BCUT2D eigenvalue weighted by molar-refractivity contribution is 0.581. The number of fused-ring (bicyclic) bond motifs is 1. The van der Waals surface area contributed by atoms with Crippen LogP contribution in [0.1, 0.15) is 24.2 Å². The molecule has 4 nitrogen and oxygen atoms in total. The SMILES string of the molecule is Cc1cc2n(n1)SC(NC(C)c1ccccc1)N2. The van der Waals surface area contributed by atoms with Crippen LogP contribution in [0.3, 0.4) is 0 Å². The smallest absolute Gasteiger partial charge is 0.149 e. The Bertz CT molecular complexity index is 514. The van der Waals surface area contributed by atoms with Gasteiger partial charge in [-0.2, -0.15) is 9.19 Å². The first-order valence-corrected chi connectivity index (χ1v) is 6.87. The Balaban J connectivity index is 1.64. The molecule has 0 bridgehead atoms. The zero-order chi connectivity index (χ0) is 12.5. The van der Waals surface area contributed by atoms with E-state index in [0.717, 1.165) is 11.5 Å². The summed E-state index contributed by atoms with van der Waals surface area (Å²) < 4.78 is 1.94. The van der Waals surface area contributed by atoms with Gasteiger partial charge in [-0.25, -0.2) is 0 Å². The average Bonchev–Trinajstić information content (AvgIpc) is 2.86. The molecule has 0 amide bonds. The summed E-state index contributed by atoms with van der Waals surface area (Å²) in [6.45, 7) is 4.17. The largest absolute Gasteiger partial charge is 0.344 e. The van der Waals surface area contributed by atoms with E-state index in [0.29, 0.717) is 6.04 Å². The third-order valence-corrected chi connectivity index (χ3v) is 3.93. The molecule has 1 aromatic carbocycles. The van der Waals surface area contributed by atoms with Gasteiger partial charge in [0.05, 0.1) is 5.69 Å². The van der Waals surface area contributed by atoms with Crippen molar-refractivity contribution < 1.29 is 0 Å². The zero-order valence-electron chi connectivity index (χ0n) is 10.4. The Morgan fingerprint density at radius 1 is 1.39 bits per heavy atom. The van der Waals surface area contributed by atoms with Gasteiger partial charge in [0.2, 0.25) is 0 Å². The first kappa shape index (κ1) is 11.6. The molecule has 0 radical (unpaired) electrons. The van der Waals surface area contributed by atoms with Crippen LogP contribution < -0.4 is 10.6 Å². The predicted molar refractivity (Wildman–Crippen MR) is 75.4 cm³/mol. The van der Waals surface area contributed by atoms with E-state index in [-0.39, 0.29) is 5.50 Å². The summed E-state index contributed by atoms with van der Waals surface area (Å²) in [4.78, 5) is 0. The van der Waals surface area contributed by atoms with E-state index < -0.39 is 0 Å². The Labute approximate surface area is 111 Å². The van der Waals surface area contributed by atoms with Crippen LogP contribution in [-0.2, 0) is 0 Å². The summed E-state index contributed by atoms with van der Waals surface area (Å²) in [6.07, 6.45) is 0. The molecule has 2 unspecified atom stereocenters. The Morgan fingerprint density at radius 2 is 2.17 bits per heavy atom. The molecule has 18 heavy (non-hydrogen) atoms. The van der Waals surface area contributed by atoms with E-state index in [4.69, 9.17) is 0 Å². The summed E-state index contributed by atoms with van der Waals surface area (Å²) in [5, 5.41) is 11.3. The van der Waals surface area contributed by atoms with Crippen molar-refractivity contribution in [1.29, 1.82) is 0 Å². The molecule has 0 spiro atoms. The highest BCUT2D eigenvalue weighted by molar-refractivity contribution is 7.98. The first-order chi connectivity index (χ1) is 8.72. The molecule has 1 aliphatic rings. The highest BCUT2D eigenvalue weighted by Gasteiger charge is 2.24. The number of anilines is 1. The molecule has 2 aromatic rings. The van der Waals surface area contributed by atoms with Gasteiger partial charge in [-0.3, -0.25) is 5.32 Å². The van der Waals surface area contributed by atoms with Gasteiger partial charge >= 0.3 is 0 Å². The minimum Gasteiger partial charge on any atom is -0.344 e. The van der Waals surface area contributed by atoms with Crippen LogP contribution in [0.2, 0.25) is 0 Å². The maximum Gasteiger partial charge on any atom is 0.149 e. The van der Waals surface area contributed by atoms with Gasteiger partial charge in [0.25, 0.3) is 0 Å². The molecule has 0 fully saturated rings. The molecule has 3 rings (SSSR count). The van der Waals surface area contributed by atoms with Gasteiger partial charge in [0.15, 0.2) is 0 Å². The van der Waals surface area contributed by atoms with Gasteiger partial charge in [-0.15, -0.1) is 0 Å². The Morgan fingerprint density at radius 3 is 2.89 bits per heavy atom. The van der Waals surface area contributed by atoms with Crippen molar-refractivity contribution in [3.05, 3.63) is 47.7 Å². The lowest BCUT2D eigenvalue weighted by Crippen LogP contribution is -2.32. The van der Waals surface area contributed by atoms with E-state index >= 15 is 0 Å². The maximum absolute atomic E-state index is 4.40. The third kappa shape index (κ3) is 2.23. The van der Waals surface area contributed by atoms with Crippen LogP contribution in [-0.4, -0.2) is 14.7 Å². The minimum absolute atomic E-state index is 0.170.